The van der Waals surface area contributed by atoms with Crippen LogP contribution in [0.2, 0.25) is 0 Å². The molecule has 0 aromatic carbocycles. The SMILES string of the molecule is CCCC(=O)c1cnc2ncccc2c1. The molecule has 0 aliphatic heterocycles. The lowest BCUT2D eigenvalue weighted by molar-refractivity contribution is 0.0981. The summed E-state index contributed by atoms with van der Waals surface area (Å²) < 4.78 is 0. The standard InChI is InChI=1S/C12H12N2O/c1-2-4-11(15)10-7-9-5-3-6-13-12(9)14-8-10/h3,5-8H,2,4H2,1H3. The molecule has 3 heteroatoms. The van der Waals surface area contributed by atoms with Crippen LogP contribution < -0.4 is 0 Å². The van der Waals surface area contributed by atoms with Gasteiger partial charge in [0.15, 0.2) is 11.4 Å². The van der Waals surface area contributed by atoms with Crippen molar-refractivity contribution in [2.24, 2.45) is 0 Å². The fourth-order valence-corrected chi connectivity index (χ4v) is 1.49. The summed E-state index contributed by atoms with van der Waals surface area (Å²) in [6.45, 7) is 1.99. The Bertz CT molecular complexity index is 494. The number of carbonyl (C=O) groups is 1. The first-order valence-electron chi connectivity index (χ1n) is 5.05. The van der Waals surface area contributed by atoms with Crippen LogP contribution in [0.4, 0.5) is 0 Å². The largest absolute Gasteiger partial charge is 0.294 e. The van der Waals surface area contributed by atoms with Gasteiger partial charge in [0.2, 0.25) is 0 Å². The smallest absolute Gasteiger partial charge is 0.164 e. The second-order valence-electron chi connectivity index (χ2n) is 3.45. The van der Waals surface area contributed by atoms with Crippen molar-refractivity contribution in [1.82, 2.24) is 9.97 Å². The van der Waals surface area contributed by atoms with E-state index in [-0.39, 0.29) is 5.78 Å². The number of carbonyl (C=O) groups excluding carboxylic acids is 1. The third-order valence-corrected chi connectivity index (χ3v) is 2.25. The molecule has 3 nitrogen and oxygen atoms in total. The molecule has 0 unspecified atom stereocenters. The van der Waals surface area contributed by atoms with Crippen molar-refractivity contribution >= 4 is 16.8 Å². The van der Waals surface area contributed by atoms with Crippen LogP contribution in [-0.4, -0.2) is 15.8 Å². The number of nitrogens with zero attached hydrogens (tertiary/aromatic N) is 2. The van der Waals surface area contributed by atoms with E-state index in [2.05, 4.69) is 9.97 Å². The van der Waals surface area contributed by atoms with Crippen LogP contribution in [0.5, 0.6) is 0 Å². The van der Waals surface area contributed by atoms with Crippen molar-refractivity contribution < 1.29 is 4.79 Å². The Labute approximate surface area is 88.2 Å². The Morgan fingerprint density at radius 1 is 1.40 bits per heavy atom. The molecule has 76 valence electrons. The van der Waals surface area contributed by atoms with E-state index in [1.54, 1.807) is 12.4 Å². The van der Waals surface area contributed by atoms with Crippen molar-refractivity contribution in [3.63, 3.8) is 0 Å². The van der Waals surface area contributed by atoms with Crippen molar-refractivity contribution in [1.29, 1.82) is 0 Å². The van der Waals surface area contributed by atoms with E-state index >= 15 is 0 Å². The first kappa shape index (κ1) is 9.77. The molecule has 0 atom stereocenters. The van der Waals surface area contributed by atoms with E-state index in [4.69, 9.17) is 0 Å². The number of hydrogen-bond donors (Lipinski definition) is 0. The average Bonchev–Trinajstić information content (AvgIpc) is 2.29. The summed E-state index contributed by atoms with van der Waals surface area (Å²) in [5.41, 5.74) is 1.36. The fraction of sp³-hybridized carbons (Fsp3) is 0.250. The van der Waals surface area contributed by atoms with Crippen LogP contribution in [0.3, 0.4) is 0 Å². The van der Waals surface area contributed by atoms with Crippen LogP contribution in [-0.2, 0) is 0 Å². The lowest BCUT2D eigenvalue weighted by atomic mass is 10.1. The zero-order valence-electron chi connectivity index (χ0n) is 8.60. The Morgan fingerprint density at radius 3 is 3.07 bits per heavy atom. The number of pyridine rings is 2. The van der Waals surface area contributed by atoms with Gasteiger partial charge in [-0.3, -0.25) is 4.79 Å². The Kier molecular flexibility index (Phi) is 2.72. The molecule has 0 bridgehead atoms. The number of fused-ring (bicyclic) bond motifs is 1. The van der Waals surface area contributed by atoms with Crippen LogP contribution in [0, 0.1) is 0 Å². The highest BCUT2D eigenvalue weighted by atomic mass is 16.1. The van der Waals surface area contributed by atoms with Gasteiger partial charge >= 0.3 is 0 Å². The van der Waals surface area contributed by atoms with Crippen molar-refractivity contribution in [3.05, 3.63) is 36.2 Å². The van der Waals surface area contributed by atoms with Crippen molar-refractivity contribution in [3.8, 4) is 0 Å². The number of ketones is 1. The minimum atomic E-state index is 0.149. The van der Waals surface area contributed by atoms with E-state index < -0.39 is 0 Å². The molecule has 0 radical (unpaired) electrons. The summed E-state index contributed by atoms with van der Waals surface area (Å²) in [5, 5.41) is 0.916. The molecule has 15 heavy (non-hydrogen) atoms. The van der Waals surface area contributed by atoms with E-state index in [9.17, 15) is 4.79 Å². The average molecular weight is 200 g/mol. The van der Waals surface area contributed by atoms with Crippen LogP contribution >= 0.6 is 0 Å². The Morgan fingerprint density at radius 2 is 2.27 bits per heavy atom. The number of Topliss-reactive ketones (excluding diaryl/α,β-unsaturated/α-hetero) is 1. The predicted molar refractivity (Wildman–Crippen MR) is 58.8 cm³/mol. The van der Waals surface area contributed by atoms with Crippen LogP contribution in [0.15, 0.2) is 30.6 Å². The van der Waals surface area contributed by atoms with Gasteiger partial charge in [-0.2, -0.15) is 0 Å². The van der Waals surface area contributed by atoms with Crippen molar-refractivity contribution in [2.75, 3.05) is 0 Å². The van der Waals surface area contributed by atoms with Gasteiger partial charge in [0.05, 0.1) is 0 Å². The highest BCUT2D eigenvalue weighted by Gasteiger charge is 2.05. The summed E-state index contributed by atoms with van der Waals surface area (Å²) in [4.78, 5) is 19.9. The van der Waals surface area contributed by atoms with E-state index in [0.29, 0.717) is 17.6 Å². The molecule has 0 N–H and O–H groups in total. The lowest BCUT2D eigenvalue weighted by Gasteiger charge is -2.00. The molecule has 0 saturated heterocycles. The normalized spacial score (nSPS) is 10.5. The van der Waals surface area contributed by atoms with Crippen LogP contribution in [0.25, 0.3) is 11.0 Å². The summed E-state index contributed by atoms with van der Waals surface area (Å²) in [6, 6.07) is 5.61. The summed E-state index contributed by atoms with van der Waals surface area (Å²) >= 11 is 0. The molecule has 0 spiro atoms. The summed E-state index contributed by atoms with van der Waals surface area (Å²) in [5.74, 6) is 0.149. The molecule has 0 aliphatic carbocycles. The molecule has 0 aliphatic rings. The molecule has 2 aromatic heterocycles. The molecular formula is C12H12N2O. The zero-order chi connectivity index (χ0) is 10.7. The Hall–Kier alpha value is -1.77. The molecule has 0 fully saturated rings. The predicted octanol–water partition coefficient (Wildman–Crippen LogP) is 2.61. The number of aromatic nitrogens is 2. The maximum Gasteiger partial charge on any atom is 0.164 e. The van der Waals surface area contributed by atoms with Crippen LogP contribution in [0.1, 0.15) is 30.1 Å². The third kappa shape index (κ3) is 2.01. The van der Waals surface area contributed by atoms with Crippen molar-refractivity contribution in [2.45, 2.75) is 19.8 Å². The zero-order valence-corrected chi connectivity index (χ0v) is 8.60. The maximum atomic E-state index is 11.6. The highest BCUT2D eigenvalue weighted by molar-refractivity contribution is 5.98. The number of rotatable bonds is 3. The lowest BCUT2D eigenvalue weighted by Crippen LogP contribution is -1.99. The second-order valence-corrected chi connectivity index (χ2v) is 3.45. The second kappa shape index (κ2) is 4.17. The molecule has 2 rings (SSSR count). The van der Waals surface area contributed by atoms with E-state index in [1.165, 1.54) is 0 Å². The fourth-order valence-electron chi connectivity index (χ4n) is 1.49. The van der Waals surface area contributed by atoms with Gasteiger partial charge in [0.1, 0.15) is 0 Å². The van der Waals surface area contributed by atoms with E-state index in [1.807, 2.05) is 25.1 Å². The van der Waals surface area contributed by atoms with Gasteiger partial charge in [-0.15, -0.1) is 0 Å². The van der Waals surface area contributed by atoms with Gasteiger partial charge in [-0.1, -0.05) is 6.92 Å². The third-order valence-electron chi connectivity index (χ3n) is 2.25. The molecule has 2 aromatic rings. The van der Waals surface area contributed by atoms with Gasteiger partial charge < -0.3 is 0 Å². The van der Waals surface area contributed by atoms with Gasteiger partial charge in [0, 0.05) is 29.8 Å². The minimum Gasteiger partial charge on any atom is -0.294 e. The molecular weight excluding hydrogens is 188 g/mol. The summed E-state index contributed by atoms with van der Waals surface area (Å²) in [7, 11) is 0. The number of hydrogen-bond acceptors (Lipinski definition) is 3. The molecule has 0 amide bonds. The van der Waals surface area contributed by atoms with E-state index in [0.717, 1.165) is 11.8 Å². The van der Waals surface area contributed by atoms with Gasteiger partial charge in [0.25, 0.3) is 0 Å². The first-order valence-corrected chi connectivity index (χ1v) is 5.05. The maximum absolute atomic E-state index is 11.6. The monoisotopic (exact) mass is 200 g/mol. The highest BCUT2D eigenvalue weighted by Crippen LogP contribution is 2.12. The van der Waals surface area contributed by atoms with Gasteiger partial charge in [-0.05, 0) is 24.6 Å². The Balaban J connectivity index is 2.42. The molecule has 2 heterocycles. The minimum absolute atomic E-state index is 0.149. The first-order chi connectivity index (χ1) is 7.31. The topological polar surface area (TPSA) is 42.9 Å². The quantitative estimate of drug-likeness (QED) is 0.715. The molecule has 0 saturated carbocycles. The van der Waals surface area contributed by atoms with Gasteiger partial charge in [-0.25, -0.2) is 9.97 Å². The summed E-state index contributed by atoms with van der Waals surface area (Å²) in [6.07, 6.45) is 4.74.